The Morgan fingerprint density at radius 1 is 1.04 bits per heavy atom. The van der Waals surface area contributed by atoms with E-state index in [4.69, 9.17) is 9.47 Å². The summed E-state index contributed by atoms with van der Waals surface area (Å²) in [7, 11) is 1.69. The Morgan fingerprint density at radius 3 is 2.29 bits per heavy atom. The minimum Gasteiger partial charge on any atom is -0.495 e. The lowest BCUT2D eigenvalue weighted by molar-refractivity contribution is -0.139. The summed E-state index contributed by atoms with van der Waals surface area (Å²) < 4.78 is 11.5. The van der Waals surface area contributed by atoms with Crippen LogP contribution in [0.1, 0.15) is 24.5 Å². The van der Waals surface area contributed by atoms with Gasteiger partial charge in [-0.3, -0.25) is 4.79 Å². The van der Waals surface area contributed by atoms with Crippen molar-refractivity contribution in [2.45, 2.75) is 33.3 Å². The molecular weight excluding hydrogens is 352 g/mol. The summed E-state index contributed by atoms with van der Waals surface area (Å²) in [6.45, 7) is 9.01. The normalized spacial score (nSPS) is 15.3. The molecule has 0 radical (unpaired) electrons. The number of aryl methyl sites for hydroxylation is 2. The van der Waals surface area contributed by atoms with Gasteiger partial charge in [-0.2, -0.15) is 0 Å². The number of ether oxygens (including phenoxy) is 2. The molecule has 2 aromatic carbocycles. The summed E-state index contributed by atoms with van der Waals surface area (Å²) in [4.78, 5) is 17.2. The Hall–Kier alpha value is -2.69. The van der Waals surface area contributed by atoms with Crippen LogP contribution in [0.15, 0.2) is 42.5 Å². The number of hydrogen-bond acceptors (Lipinski definition) is 4. The van der Waals surface area contributed by atoms with Crippen LogP contribution >= 0.6 is 0 Å². The Balaban J connectivity index is 1.63. The fraction of sp³-hybridized carbons (Fsp3) is 0.435. The van der Waals surface area contributed by atoms with Gasteiger partial charge in [0.05, 0.1) is 12.8 Å². The maximum absolute atomic E-state index is 13.0. The first-order valence-corrected chi connectivity index (χ1v) is 9.93. The number of nitrogens with zero attached hydrogens (tertiary/aromatic N) is 2. The van der Waals surface area contributed by atoms with E-state index in [0.717, 1.165) is 41.4 Å². The lowest BCUT2D eigenvalue weighted by atomic mass is 10.1. The second-order valence-electron chi connectivity index (χ2n) is 7.32. The van der Waals surface area contributed by atoms with Gasteiger partial charge in [-0.25, -0.2) is 0 Å². The maximum atomic E-state index is 13.0. The minimum atomic E-state index is -0.445. The molecule has 5 heteroatoms. The van der Waals surface area contributed by atoms with E-state index in [2.05, 4.69) is 17.0 Å². The largest absolute Gasteiger partial charge is 0.495 e. The first-order valence-electron chi connectivity index (χ1n) is 9.93. The lowest BCUT2D eigenvalue weighted by Gasteiger charge is -2.37. The molecule has 2 aromatic rings. The number of carbonyl (C=O) groups excluding carboxylic acids is 1. The van der Waals surface area contributed by atoms with Crippen molar-refractivity contribution in [1.29, 1.82) is 0 Å². The van der Waals surface area contributed by atoms with Crippen LogP contribution in [0.4, 0.5) is 5.69 Å². The molecule has 1 atom stereocenters. The number of anilines is 1. The molecule has 1 amide bonds. The highest BCUT2D eigenvalue weighted by atomic mass is 16.5. The molecular formula is C23H30N2O3. The van der Waals surface area contributed by atoms with Gasteiger partial charge in [-0.15, -0.1) is 0 Å². The van der Waals surface area contributed by atoms with Crippen LogP contribution in [0.3, 0.4) is 0 Å². The van der Waals surface area contributed by atoms with E-state index in [0.29, 0.717) is 19.5 Å². The quantitative estimate of drug-likeness (QED) is 0.762. The van der Waals surface area contributed by atoms with Crippen molar-refractivity contribution in [3.05, 3.63) is 53.6 Å². The Labute approximate surface area is 167 Å². The Morgan fingerprint density at radius 2 is 1.68 bits per heavy atom. The van der Waals surface area contributed by atoms with Gasteiger partial charge in [-0.1, -0.05) is 25.1 Å². The standard InChI is InChI=1S/C23H30N2O3/c1-5-21(28-19-15-17(2)14-18(3)16-19)23(26)25-12-10-24(11-13-25)20-8-6-7-9-22(20)27-4/h6-9,14-16,21H,5,10-13H2,1-4H3. The molecule has 5 nitrogen and oxygen atoms in total. The second-order valence-corrected chi connectivity index (χ2v) is 7.32. The van der Waals surface area contributed by atoms with Crippen LogP contribution in [0.2, 0.25) is 0 Å². The molecule has 1 aliphatic rings. The number of rotatable bonds is 6. The lowest BCUT2D eigenvalue weighted by Crippen LogP contribution is -2.52. The van der Waals surface area contributed by atoms with E-state index in [1.165, 1.54) is 0 Å². The first kappa shape index (κ1) is 20.1. The van der Waals surface area contributed by atoms with Gasteiger partial charge < -0.3 is 19.3 Å². The van der Waals surface area contributed by atoms with E-state index in [9.17, 15) is 4.79 Å². The topological polar surface area (TPSA) is 42.0 Å². The third-order valence-electron chi connectivity index (χ3n) is 5.14. The maximum Gasteiger partial charge on any atom is 0.263 e. The average molecular weight is 383 g/mol. The number of para-hydroxylation sites is 2. The third-order valence-corrected chi connectivity index (χ3v) is 5.14. The van der Waals surface area contributed by atoms with E-state index < -0.39 is 6.10 Å². The van der Waals surface area contributed by atoms with Crippen LogP contribution in [-0.4, -0.2) is 50.2 Å². The van der Waals surface area contributed by atoms with E-state index in [-0.39, 0.29) is 5.91 Å². The third kappa shape index (κ3) is 4.58. The Bertz CT molecular complexity index is 793. The summed E-state index contributed by atoms with van der Waals surface area (Å²) in [5, 5.41) is 0. The van der Waals surface area contributed by atoms with Crippen molar-refractivity contribution >= 4 is 11.6 Å². The van der Waals surface area contributed by atoms with Crippen LogP contribution < -0.4 is 14.4 Å². The zero-order valence-corrected chi connectivity index (χ0v) is 17.3. The molecule has 1 heterocycles. The second kappa shape index (κ2) is 9.00. The molecule has 1 unspecified atom stereocenters. The predicted octanol–water partition coefficient (Wildman–Crippen LogP) is 3.82. The van der Waals surface area contributed by atoms with Gasteiger partial charge in [0.2, 0.25) is 0 Å². The molecule has 150 valence electrons. The van der Waals surface area contributed by atoms with Crippen molar-refractivity contribution in [2.24, 2.45) is 0 Å². The van der Waals surface area contributed by atoms with Crippen LogP contribution in [0.5, 0.6) is 11.5 Å². The van der Waals surface area contributed by atoms with Crippen molar-refractivity contribution in [1.82, 2.24) is 4.90 Å². The summed E-state index contributed by atoms with van der Waals surface area (Å²) >= 11 is 0. The van der Waals surface area contributed by atoms with Crippen LogP contribution in [0.25, 0.3) is 0 Å². The fourth-order valence-electron chi connectivity index (χ4n) is 3.74. The zero-order valence-electron chi connectivity index (χ0n) is 17.3. The number of benzene rings is 2. The van der Waals surface area contributed by atoms with Gasteiger partial charge in [-0.05, 0) is 55.7 Å². The van der Waals surface area contributed by atoms with Gasteiger partial charge in [0, 0.05) is 26.2 Å². The number of hydrogen-bond donors (Lipinski definition) is 0. The van der Waals surface area contributed by atoms with Crippen molar-refractivity contribution in [2.75, 3.05) is 38.2 Å². The number of piperazine rings is 1. The smallest absolute Gasteiger partial charge is 0.263 e. The average Bonchev–Trinajstić information content (AvgIpc) is 2.71. The molecule has 0 bridgehead atoms. The SMILES string of the molecule is CCC(Oc1cc(C)cc(C)c1)C(=O)N1CCN(c2ccccc2OC)CC1. The summed E-state index contributed by atoms with van der Waals surface area (Å²) in [5.41, 5.74) is 3.36. The number of carbonyl (C=O) groups is 1. The van der Waals surface area contributed by atoms with Gasteiger partial charge in [0.15, 0.2) is 6.10 Å². The van der Waals surface area contributed by atoms with E-state index in [1.54, 1.807) is 7.11 Å². The van der Waals surface area contributed by atoms with Crippen molar-refractivity contribution in [3.63, 3.8) is 0 Å². The number of methoxy groups -OCH3 is 1. The summed E-state index contributed by atoms with van der Waals surface area (Å²) in [6, 6.07) is 14.1. The molecule has 1 saturated heterocycles. The highest BCUT2D eigenvalue weighted by Crippen LogP contribution is 2.28. The van der Waals surface area contributed by atoms with Gasteiger partial charge in [0.25, 0.3) is 5.91 Å². The highest BCUT2D eigenvalue weighted by molar-refractivity contribution is 5.81. The van der Waals surface area contributed by atoms with Crippen molar-refractivity contribution in [3.8, 4) is 11.5 Å². The predicted molar refractivity (Wildman–Crippen MR) is 112 cm³/mol. The van der Waals surface area contributed by atoms with Crippen LogP contribution in [0, 0.1) is 13.8 Å². The molecule has 28 heavy (non-hydrogen) atoms. The molecule has 0 N–H and O–H groups in total. The zero-order chi connectivity index (χ0) is 20.1. The fourth-order valence-corrected chi connectivity index (χ4v) is 3.74. The minimum absolute atomic E-state index is 0.0707. The van der Waals surface area contributed by atoms with Crippen LogP contribution in [-0.2, 0) is 4.79 Å². The van der Waals surface area contributed by atoms with Gasteiger partial charge >= 0.3 is 0 Å². The number of amides is 1. The summed E-state index contributed by atoms with van der Waals surface area (Å²) in [6.07, 6.45) is 0.206. The first-order chi connectivity index (χ1) is 13.5. The van der Waals surface area contributed by atoms with Gasteiger partial charge in [0.1, 0.15) is 11.5 Å². The molecule has 0 aliphatic carbocycles. The van der Waals surface area contributed by atoms with E-state index in [1.807, 2.05) is 56.0 Å². The molecule has 1 fully saturated rings. The molecule has 0 spiro atoms. The van der Waals surface area contributed by atoms with E-state index >= 15 is 0 Å². The summed E-state index contributed by atoms with van der Waals surface area (Å²) in [5.74, 6) is 1.71. The molecule has 0 aromatic heterocycles. The Kier molecular flexibility index (Phi) is 6.45. The molecule has 3 rings (SSSR count). The molecule has 1 aliphatic heterocycles. The molecule has 0 saturated carbocycles. The highest BCUT2D eigenvalue weighted by Gasteiger charge is 2.28. The monoisotopic (exact) mass is 382 g/mol. The van der Waals surface area contributed by atoms with Crippen molar-refractivity contribution < 1.29 is 14.3 Å².